The fraction of sp³-hybridized carbons (Fsp3) is 0.500. The third-order valence-corrected chi connectivity index (χ3v) is 2.79. The summed E-state index contributed by atoms with van der Waals surface area (Å²) in [7, 11) is 0. The molecule has 0 atom stereocenters. The zero-order chi connectivity index (χ0) is 12.1. The smallest absolute Gasteiger partial charge is 0.270 e. The van der Waals surface area contributed by atoms with Gasteiger partial charge in [-0.3, -0.25) is 4.79 Å². The number of pyridine rings is 1. The van der Waals surface area contributed by atoms with Gasteiger partial charge < -0.3 is 15.3 Å². The van der Waals surface area contributed by atoms with E-state index >= 15 is 0 Å². The molecule has 0 spiro atoms. The van der Waals surface area contributed by atoms with Crippen molar-refractivity contribution in [2.75, 3.05) is 31.1 Å². The number of hydrogen-bond acceptors (Lipinski definition) is 4. The Hall–Kier alpha value is -1.62. The molecule has 2 heterocycles. The third kappa shape index (κ3) is 2.94. The Morgan fingerprint density at radius 3 is 2.88 bits per heavy atom. The fourth-order valence-corrected chi connectivity index (χ4v) is 1.93. The Morgan fingerprint density at radius 1 is 1.41 bits per heavy atom. The van der Waals surface area contributed by atoms with Crippen LogP contribution in [0.25, 0.3) is 0 Å². The van der Waals surface area contributed by atoms with Crippen LogP contribution in [-0.4, -0.2) is 42.2 Å². The number of amides is 1. The number of aliphatic hydroxyl groups excluding tert-OH is 1. The van der Waals surface area contributed by atoms with Crippen LogP contribution < -0.4 is 10.2 Å². The Balaban J connectivity index is 2.07. The highest BCUT2D eigenvalue weighted by Crippen LogP contribution is 2.17. The number of aliphatic hydroxyl groups is 1. The maximum atomic E-state index is 11.7. The Kier molecular flexibility index (Phi) is 3.93. The highest BCUT2D eigenvalue weighted by Gasteiger charge is 2.15. The lowest BCUT2D eigenvalue weighted by Gasteiger charge is -2.16. The molecule has 1 aliphatic rings. The van der Waals surface area contributed by atoms with Crippen molar-refractivity contribution >= 4 is 11.7 Å². The number of carbonyl (C=O) groups is 1. The summed E-state index contributed by atoms with van der Waals surface area (Å²) >= 11 is 0. The molecule has 0 radical (unpaired) electrons. The maximum absolute atomic E-state index is 11.7. The molecule has 0 aliphatic carbocycles. The van der Waals surface area contributed by atoms with Crippen molar-refractivity contribution in [3.63, 3.8) is 0 Å². The van der Waals surface area contributed by atoms with Crippen molar-refractivity contribution in [2.45, 2.75) is 12.8 Å². The van der Waals surface area contributed by atoms with Crippen molar-refractivity contribution < 1.29 is 9.90 Å². The quantitative estimate of drug-likeness (QED) is 0.793. The summed E-state index contributed by atoms with van der Waals surface area (Å²) in [5.41, 5.74) is 0.405. The van der Waals surface area contributed by atoms with E-state index in [0.29, 0.717) is 5.69 Å². The highest BCUT2D eigenvalue weighted by atomic mass is 16.3. The van der Waals surface area contributed by atoms with Crippen LogP contribution in [0.15, 0.2) is 18.2 Å². The van der Waals surface area contributed by atoms with E-state index in [0.717, 1.165) is 18.9 Å². The number of carbonyl (C=O) groups excluding carboxylic acids is 1. The van der Waals surface area contributed by atoms with Crippen LogP contribution >= 0.6 is 0 Å². The SMILES string of the molecule is O=C(NCCO)c1cccc(N2CCCC2)n1. The minimum atomic E-state index is -0.236. The van der Waals surface area contributed by atoms with Crippen LogP contribution in [0.2, 0.25) is 0 Å². The number of nitrogens with zero attached hydrogens (tertiary/aromatic N) is 2. The van der Waals surface area contributed by atoms with Gasteiger partial charge in [-0.05, 0) is 25.0 Å². The lowest BCUT2D eigenvalue weighted by atomic mass is 10.3. The first-order chi connectivity index (χ1) is 8.31. The van der Waals surface area contributed by atoms with Gasteiger partial charge in [0.15, 0.2) is 0 Å². The van der Waals surface area contributed by atoms with Crippen molar-refractivity contribution in [2.24, 2.45) is 0 Å². The summed E-state index contributed by atoms with van der Waals surface area (Å²) in [6, 6.07) is 5.45. The molecule has 1 aliphatic heterocycles. The second kappa shape index (κ2) is 5.63. The summed E-state index contributed by atoms with van der Waals surface area (Å²) in [6.07, 6.45) is 2.37. The normalized spacial score (nSPS) is 15.0. The van der Waals surface area contributed by atoms with Crippen molar-refractivity contribution in [3.05, 3.63) is 23.9 Å². The summed E-state index contributed by atoms with van der Waals surface area (Å²) < 4.78 is 0. The van der Waals surface area contributed by atoms with Crippen LogP contribution in [0.4, 0.5) is 5.82 Å². The number of aromatic nitrogens is 1. The van der Waals surface area contributed by atoms with Crippen LogP contribution in [0.3, 0.4) is 0 Å². The molecule has 92 valence electrons. The van der Waals surface area contributed by atoms with E-state index in [9.17, 15) is 4.79 Å². The van der Waals surface area contributed by atoms with Gasteiger partial charge in [0.2, 0.25) is 0 Å². The molecule has 17 heavy (non-hydrogen) atoms. The molecule has 5 heteroatoms. The number of nitrogens with one attached hydrogen (secondary N) is 1. The molecule has 1 saturated heterocycles. The van der Waals surface area contributed by atoms with Crippen molar-refractivity contribution in [1.82, 2.24) is 10.3 Å². The average molecular weight is 235 g/mol. The predicted molar refractivity (Wildman–Crippen MR) is 65.1 cm³/mol. The first-order valence-electron chi connectivity index (χ1n) is 5.92. The Bertz CT molecular complexity index is 389. The average Bonchev–Trinajstić information content (AvgIpc) is 2.90. The molecule has 1 amide bonds. The zero-order valence-corrected chi connectivity index (χ0v) is 9.72. The van der Waals surface area contributed by atoms with Gasteiger partial charge in [-0.25, -0.2) is 4.98 Å². The van der Waals surface area contributed by atoms with Crippen molar-refractivity contribution in [1.29, 1.82) is 0 Å². The van der Waals surface area contributed by atoms with Gasteiger partial charge in [0, 0.05) is 19.6 Å². The molecular weight excluding hydrogens is 218 g/mol. The number of anilines is 1. The molecular formula is C12H17N3O2. The van der Waals surface area contributed by atoms with E-state index in [2.05, 4.69) is 15.2 Å². The van der Waals surface area contributed by atoms with E-state index < -0.39 is 0 Å². The second-order valence-electron chi connectivity index (χ2n) is 4.05. The largest absolute Gasteiger partial charge is 0.395 e. The van der Waals surface area contributed by atoms with Gasteiger partial charge >= 0.3 is 0 Å². The van der Waals surface area contributed by atoms with Gasteiger partial charge in [0.05, 0.1) is 6.61 Å². The topological polar surface area (TPSA) is 65.5 Å². The molecule has 0 unspecified atom stereocenters. The van der Waals surface area contributed by atoms with Crippen LogP contribution in [0.1, 0.15) is 23.3 Å². The molecule has 0 saturated carbocycles. The third-order valence-electron chi connectivity index (χ3n) is 2.79. The van der Waals surface area contributed by atoms with E-state index in [-0.39, 0.29) is 19.1 Å². The Labute approximate surface area is 100 Å². The van der Waals surface area contributed by atoms with Crippen molar-refractivity contribution in [3.8, 4) is 0 Å². The van der Waals surface area contributed by atoms with E-state index in [4.69, 9.17) is 5.11 Å². The summed E-state index contributed by atoms with van der Waals surface area (Å²) in [5, 5.41) is 11.2. The number of rotatable bonds is 4. The summed E-state index contributed by atoms with van der Waals surface area (Å²) in [5.74, 6) is 0.624. The van der Waals surface area contributed by atoms with Gasteiger partial charge in [0.25, 0.3) is 5.91 Å². The first-order valence-corrected chi connectivity index (χ1v) is 5.92. The number of hydrogen-bond donors (Lipinski definition) is 2. The van der Waals surface area contributed by atoms with Gasteiger partial charge in [-0.15, -0.1) is 0 Å². The molecule has 2 rings (SSSR count). The van der Waals surface area contributed by atoms with E-state index in [1.165, 1.54) is 12.8 Å². The molecule has 1 aromatic rings. The first kappa shape index (κ1) is 11.9. The lowest BCUT2D eigenvalue weighted by Crippen LogP contribution is -2.28. The maximum Gasteiger partial charge on any atom is 0.270 e. The zero-order valence-electron chi connectivity index (χ0n) is 9.72. The van der Waals surface area contributed by atoms with Gasteiger partial charge in [0.1, 0.15) is 11.5 Å². The molecule has 1 aromatic heterocycles. The fourth-order valence-electron chi connectivity index (χ4n) is 1.93. The highest BCUT2D eigenvalue weighted by molar-refractivity contribution is 5.92. The van der Waals surface area contributed by atoms with Gasteiger partial charge in [-0.2, -0.15) is 0 Å². The Morgan fingerprint density at radius 2 is 2.18 bits per heavy atom. The monoisotopic (exact) mass is 235 g/mol. The minimum absolute atomic E-state index is 0.0580. The second-order valence-corrected chi connectivity index (χ2v) is 4.05. The minimum Gasteiger partial charge on any atom is -0.395 e. The lowest BCUT2D eigenvalue weighted by molar-refractivity contribution is 0.0940. The van der Waals surface area contributed by atoms with E-state index in [1.807, 2.05) is 12.1 Å². The molecule has 0 bridgehead atoms. The summed E-state index contributed by atoms with van der Waals surface area (Å²) in [4.78, 5) is 18.2. The molecule has 0 aromatic carbocycles. The van der Waals surface area contributed by atoms with E-state index in [1.54, 1.807) is 6.07 Å². The standard InChI is InChI=1S/C12H17N3O2/c16-9-6-13-12(17)10-4-3-5-11(14-10)15-7-1-2-8-15/h3-5,16H,1-2,6-9H2,(H,13,17). The summed E-state index contributed by atoms with van der Waals surface area (Å²) in [6.45, 7) is 2.22. The van der Waals surface area contributed by atoms with Gasteiger partial charge in [-0.1, -0.05) is 6.07 Å². The molecule has 5 nitrogen and oxygen atoms in total. The molecule has 1 fully saturated rings. The molecule has 2 N–H and O–H groups in total. The van der Waals surface area contributed by atoms with Crippen LogP contribution in [0, 0.1) is 0 Å². The van der Waals surface area contributed by atoms with Crippen LogP contribution in [0.5, 0.6) is 0 Å². The predicted octanol–water partition coefficient (Wildman–Crippen LogP) is 0.404. The van der Waals surface area contributed by atoms with Crippen LogP contribution in [-0.2, 0) is 0 Å².